The van der Waals surface area contributed by atoms with E-state index in [1.165, 1.54) is 29.8 Å². The molecule has 0 aromatic heterocycles. The molecule has 0 spiro atoms. The van der Waals surface area contributed by atoms with Crippen LogP contribution in [-0.4, -0.2) is 24.7 Å². The Bertz CT molecular complexity index is 701. The molecular formula is C21H26FNO3. The van der Waals surface area contributed by atoms with Crippen molar-refractivity contribution in [1.82, 2.24) is 5.32 Å². The molecule has 0 saturated heterocycles. The van der Waals surface area contributed by atoms with Crippen LogP contribution in [-0.2, 0) is 11.2 Å². The lowest BCUT2D eigenvalue weighted by Crippen LogP contribution is -2.36. The molecule has 1 amide bonds. The van der Waals surface area contributed by atoms with Crippen molar-refractivity contribution in [1.29, 1.82) is 0 Å². The van der Waals surface area contributed by atoms with E-state index in [4.69, 9.17) is 9.47 Å². The Labute approximate surface area is 154 Å². The summed E-state index contributed by atoms with van der Waals surface area (Å²) < 4.78 is 24.1. The molecule has 2 aromatic carbocycles. The molecule has 1 N–H and O–H groups in total. The molecule has 0 radical (unpaired) electrons. The number of aryl methyl sites for hydroxylation is 1. The Hall–Kier alpha value is -2.56. The first kappa shape index (κ1) is 19.8. The molecule has 1 atom stereocenters. The Kier molecular flexibility index (Phi) is 7.45. The van der Waals surface area contributed by atoms with Gasteiger partial charge in [-0.2, -0.15) is 0 Å². The largest absolute Gasteiger partial charge is 0.491 e. The van der Waals surface area contributed by atoms with E-state index in [0.717, 1.165) is 18.6 Å². The SMILES string of the molecule is CC(C)Oc1cccc(CCCNC(=O)C(C)Oc2ccc(F)cc2)c1. The maximum Gasteiger partial charge on any atom is 0.260 e. The van der Waals surface area contributed by atoms with Crippen molar-refractivity contribution in [3.05, 3.63) is 59.9 Å². The lowest BCUT2D eigenvalue weighted by molar-refractivity contribution is -0.127. The van der Waals surface area contributed by atoms with Crippen LogP contribution < -0.4 is 14.8 Å². The molecule has 140 valence electrons. The highest BCUT2D eigenvalue weighted by molar-refractivity contribution is 5.80. The van der Waals surface area contributed by atoms with E-state index < -0.39 is 6.10 Å². The number of carbonyl (C=O) groups is 1. The second-order valence-electron chi connectivity index (χ2n) is 6.42. The average Bonchev–Trinajstić information content (AvgIpc) is 2.60. The summed E-state index contributed by atoms with van der Waals surface area (Å²) in [6.45, 7) is 6.23. The number of amides is 1. The minimum atomic E-state index is -0.636. The smallest absolute Gasteiger partial charge is 0.260 e. The molecule has 2 aromatic rings. The predicted molar refractivity (Wildman–Crippen MR) is 100 cm³/mol. The molecule has 1 unspecified atom stereocenters. The fourth-order valence-electron chi connectivity index (χ4n) is 2.47. The average molecular weight is 359 g/mol. The van der Waals surface area contributed by atoms with Gasteiger partial charge < -0.3 is 14.8 Å². The zero-order chi connectivity index (χ0) is 18.9. The third-order valence-electron chi connectivity index (χ3n) is 3.71. The summed E-state index contributed by atoms with van der Waals surface area (Å²) in [5.41, 5.74) is 1.17. The van der Waals surface area contributed by atoms with Crippen LogP contribution in [0.3, 0.4) is 0 Å². The summed E-state index contributed by atoms with van der Waals surface area (Å²) in [4.78, 5) is 12.1. The highest BCUT2D eigenvalue weighted by Crippen LogP contribution is 2.16. The van der Waals surface area contributed by atoms with Gasteiger partial charge in [-0.1, -0.05) is 12.1 Å². The van der Waals surface area contributed by atoms with Gasteiger partial charge in [0.25, 0.3) is 5.91 Å². The molecule has 0 fully saturated rings. The highest BCUT2D eigenvalue weighted by atomic mass is 19.1. The van der Waals surface area contributed by atoms with E-state index in [2.05, 4.69) is 11.4 Å². The number of nitrogens with one attached hydrogen (secondary N) is 1. The van der Waals surface area contributed by atoms with E-state index >= 15 is 0 Å². The maximum atomic E-state index is 12.9. The van der Waals surface area contributed by atoms with E-state index in [-0.39, 0.29) is 17.8 Å². The van der Waals surface area contributed by atoms with Crippen molar-refractivity contribution in [2.75, 3.05) is 6.54 Å². The molecule has 2 rings (SSSR count). The Balaban J connectivity index is 1.71. The van der Waals surface area contributed by atoms with E-state index in [1.807, 2.05) is 32.0 Å². The normalized spacial score (nSPS) is 11.9. The van der Waals surface area contributed by atoms with E-state index in [1.54, 1.807) is 6.92 Å². The van der Waals surface area contributed by atoms with Gasteiger partial charge in [0.2, 0.25) is 0 Å². The minimum absolute atomic E-state index is 0.145. The van der Waals surface area contributed by atoms with Crippen molar-refractivity contribution in [3.63, 3.8) is 0 Å². The second kappa shape index (κ2) is 9.80. The Morgan fingerprint density at radius 2 is 1.77 bits per heavy atom. The number of benzene rings is 2. The van der Waals surface area contributed by atoms with Crippen LogP contribution in [0.4, 0.5) is 4.39 Å². The number of hydrogen-bond donors (Lipinski definition) is 1. The van der Waals surface area contributed by atoms with E-state index in [0.29, 0.717) is 12.3 Å². The standard InChI is InChI=1S/C21H26FNO3/c1-15(2)25-20-8-4-6-17(14-20)7-5-13-23-21(24)16(3)26-19-11-9-18(22)10-12-19/h4,6,8-12,14-16H,5,7,13H2,1-3H3,(H,23,24). The molecule has 0 heterocycles. The van der Waals surface area contributed by atoms with Crippen molar-refractivity contribution >= 4 is 5.91 Å². The van der Waals surface area contributed by atoms with Crippen molar-refractivity contribution < 1.29 is 18.7 Å². The summed E-state index contributed by atoms with van der Waals surface area (Å²) in [5.74, 6) is 0.808. The Morgan fingerprint density at radius 1 is 1.04 bits per heavy atom. The van der Waals surface area contributed by atoms with Crippen molar-refractivity contribution in [2.45, 2.75) is 45.8 Å². The topological polar surface area (TPSA) is 47.6 Å². The summed E-state index contributed by atoms with van der Waals surface area (Å²) >= 11 is 0. The molecule has 0 bridgehead atoms. The van der Waals surface area contributed by atoms with Gasteiger partial charge in [0.15, 0.2) is 6.10 Å². The summed E-state index contributed by atoms with van der Waals surface area (Å²) in [5, 5.41) is 2.86. The third kappa shape index (κ3) is 6.75. The molecule has 0 aliphatic rings. The summed E-state index contributed by atoms with van der Waals surface area (Å²) in [6.07, 6.45) is 1.18. The first-order valence-electron chi connectivity index (χ1n) is 8.89. The number of halogens is 1. The van der Waals surface area contributed by atoms with Gasteiger partial charge in [0.1, 0.15) is 17.3 Å². The Morgan fingerprint density at radius 3 is 2.46 bits per heavy atom. The minimum Gasteiger partial charge on any atom is -0.491 e. The third-order valence-corrected chi connectivity index (χ3v) is 3.71. The summed E-state index contributed by atoms with van der Waals surface area (Å²) in [6, 6.07) is 13.6. The van der Waals surface area contributed by atoms with Crippen molar-refractivity contribution in [3.8, 4) is 11.5 Å². The lowest BCUT2D eigenvalue weighted by atomic mass is 10.1. The fourth-order valence-corrected chi connectivity index (χ4v) is 2.47. The van der Waals surface area contributed by atoms with Crippen LogP contribution in [0.15, 0.2) is 48.5 Å². The number of hydrogen-bond acceptors (Lipinski definition) is 3. The molecule has 4 nitrogen and oxygen atoms in total. The number of carbonyl (C=O) groups excluding carboxylic acids is 1. The molecule has 26 heavy (non-hydrogen) atoms. The molecule has 0 aliphatic carbocycles. The van der Waals surface area contributed by atoms with Gasteiger partial charge in [-0.05, 0) is 75.6 Å². The van der Waals surface area contributed by atoms with E-state index in [9.17, 15) is 9.18 Å². The van der Waals surface area contributed by atoms with Gasteiger partial charge in [0.05, 0.1) is 6.10 Å². The fraction of sp³-hybridized carbons (Fsp3) is 0.381. The first-order chi connectivity index (χ1) is 12.4. The predicted octanol–water partition coefficient (Wildman–Crippen LogP) is 4.13. The van der Waals surface area contributed by atoms with Gasteiger partial charge in [-0.3, -0.25) is 4.79 Å². The molecule has 0 saturated carbocycles. The zero-order valence-electron chi connectivity index (χ0n) is 15.5. The number of rotatable bonds is 9. The van der Waals surface area contributed by atoms with Gasteiger partial charge in [-0.25, -0.2) is 4.39 Å². The first-order valence-corrected chi connectivity index (χ1v) is 8.89. The van der Waals surface area contributed by atoms with Crippen LogP contribution in [0.2, 0.25) is 0 Å². The second-order valence-corrected chi connectivity index (χ2v) is 6.42. The molecule has 0 aliphatic heterocycles. The monoisotopic (exact) mass is 359 g/mol. The van der Waals surface area contributed by atoms with Crippen LogP contribution in [0, 0.1) is 5.82 Å². The van der Waals surface area contributed by atoms with Crippen LogP contribution in [0.25, 0.3) is 0 Å². The molecule has 5 heteroatoms. The van der Waals surface area contributed by atoms with Gasteiger partial charge >= 0.3 is 0 Å². The van der Waals surface area contributed by atoms with Crippen LogP contribution >= 0.6 is 0 Å². The maximum absolute atomic E-state index is 12.9. The lowest BCUT2D eigenvalue weighted by Gasteiger charge is -2.15. The molecular weight excluding hydrogens is 333 g/mol. The summed E-state index contributed by atoms with van der Waals surface area (Å²) in [7, 11) is 0. The zero-order valence-corrected chi connectivity index (χ0v) is 15.5. The number of ether oxygens (including phenoxy) is 2. The van der Waals surface area contributed by atoms with Gasteiger partial charge in [0, 0.05) is 6.54 Å². The van der Waals surface area contributed by atoms with Gasteiger partial charge in [-0.15, -0.1) is 0 Å². The van der Waals surface area contributed by atoms with Crippen molar-refractivity contribution in [2.24, 2.45) is 0 Å². The quantitative estimate of drug-likeness (QED) is 0.685. The van der Waals surface area contributed by atoms with Crippen LogP contribution in [0.5, 0.6) is 11.5 Å². The highest BCUT2D eigenvalue weighted by Gasteiger charge is 2.14. The van der Waals surface area contributed by atoms with Crippen LogP contribution in [0.1, 0.15) is 32.8 Å².